The summed E-state index contributed by atoms with van der Waals surface area (Å²) >= 11 is 0. The van der Waals surface area contributed by atoms with E-state index in [4.69, 9.17) is 0 Å². The summed E-state index contributed by atoms with van der Waals surface area (Å²) in [5.74, 6) is 0.921. The van der Waals surface area contributed by atoms with E-state index < -0.39 is 0 Å². The molecular formula is C26H25NO. The molecule has 5 rings (SSSR count). The third kappa shape index (κ3) is 2.75. The minimum absolute atomic E-state index is 0.0579. The maximum Gasteiger partial charge on any atom is 0.230 e. The Morgan fingerprint density at radius 1 is 0.821 bits per heavy atom. The fourth-order valence-electron chi connectivity index (χ4n) is 5.04. The van der Waals surface area contributed by atoms with E-state index in [1.54, 1.807) is 0 Å². The first-order valence-electron chi connectivity index (χ1n) is 10.1. The number of hydrogen-bond donors (Lipinski definition) is 0. The molecule has 1 aliphatic heterocycles. The summed E-state index contributed by atoms with van der Waals surface area (Å²) in [6.45, 7) is 5.00. The molecule has 1 fully saturated rings. The quantitative estimate of drug-likeness (QED) is 0.604. The smallest absolute Gasteiger partial charge is 0.230 e. The molecule has 1 amide bonds. The van der Waals surface area contributed by atoms with Gasteiger partial charge in [-0.15, -0.1) is 0 Å². The Hall–Kier alpha value is -2.87. The highest BCUT2D eigenvalue weighted by Gasteiger charge is 2.48. The van der Waals surface area contributed by atoms with Gasteiger partial charge in [0.2, 0.25) is 5.91 Å². The zero-order valence-corrected chi connectivity index (χ0v) is 16.4. The zero-order valence-electron chi connectivity index (χ0n) is 16.4. The first kappa shape index (κ1) is 17.2. The number of anilines is 1. The summed E-state index contributed by atoms with van der Waals surface area (Å²) in [5.41, 5.74) is 7.56. The highest BCUT2D eigenvalue weighted by molar-refractivity contribution is 5.98. The van der Waals surface area contributed by atoms with Crippen LogP contribution in [0.5, 0.6) is 0 Å². The SMILES string of the molecule is Cc1ccc(C2c3ccccc3CC3C(=O)N(c4ccc(C)cc4)CC32)cc1. The van der Waals surface area contributed by atoms with Crippen molar-refractivity contribution in [2.24, 2.45) is 11.8 Å². The lowest BCUT2D eigenvalue weighted by molar-refractivity contribution is -0.121. The van der Waals surface area contributed by atoms with Crippen molar-refractivity contribution in [2.45, 2.75) is 26.2 Å². The number of carbonyl (C=O) groups is 1. The van der Waals surface area contributed by atoms with E-state index in [1.165, 1.54) is 27.8 Å². The molecule has 3 unspecified atom stereocenters. The lowest BCUT2D eigenvalue weighted by Crippen LogP contribution is -2.31. The van der Waals surface area contributed by atoms with Crippen LogP contribution in [0.4, 0.5) is 5.69 Å². The average molecular weight is 367 g/mol. The summed E-state index contributed by atoms with van der Waals surface area (Å²) in [6.07, 6.45) is 0.852. The number of fused-ring (bicyclic) bond motifs is 2. The number of aryl methyl sites for hydroxylation is 2. The van der Waals surface area contributed by atoms with Crippen LogP contribution in [-0.2, 0) is 11.2 Å². The van der Waals surface area contributed by atoms with E-state index in [1.807, 2.05) is 4.90 Å². The predicted octanol–water partition coefficient (Wildman–Crippen LogP) is 5.27. The molecule has 0 bridgehead atoms. The van der Waals surface area contributed by atoms with Crippen molar-refractivity contribution in [2.75, 3.05) is 11.4 Å². The topological polar surface area (TPSA) is 20.3 Å². The Kier molecular flexibility index (Phi) is 4.08. The molecule has 0 N–H and O–H groups in total. The van der Waals surface area contributed by atoms with Gasteiger partial charge in [-0.2, -0.15) is 0 Å². The van der Waals surface area contributed by atoms with Crippen molar-refractivity contribution in [1.29, 1.82) is 0 Å². The molecule has 0 saturated carbocycles. The van der Waals surface area contributed by atoms with Crippen LogP contribution in [0.2, 0.25) is 0 Å². The number of carbonyl (C=O) groups excluding carboxylic acids is 1. The average Bonchev–Trinajstić information content (AvgIpc) is 3.04. The van der Waals surface area contributed by atoms with Crippen LogP contribution in [0.1, 0.15) is 33.7 Å². The molecule has 3 aromatic rings. The molecule has 3 atom stereocenters. The number of rotatable bonds is 2. The monoisotopic (exact) mass is 367 g/mol. The predicted molar refractivity (Wildman–Crippen MR) is 114 cm³/mol. The Morgan fingerprint density at radius 3 is 2.18 bits per heavy atom. The number of nitrogens with zero attached hydrogens (tertiary/aromatic N) is 1. The second kappa shape index (κ2) is 6.63. The Balaban J connectivity index is 1.58. The van der Waals surface area contributed by atoms with Gasteiger partial charge in [0.1, 0.15) is 0 Å². The summed E-state index contributed by atoms with van der Waals surface area (Å²) in [4.78, 5) is 15.4. The van der Waals surface area contributed by atoms with Crippen LogP contribution in [0, 0.1) is 25.7 Å². The van der Waals surface area contributed by atoms with Crippen LogP contribution < -0.4 is 4.90 Å². The molecule has 0 radical (unpaired) electrons. The second-order valence-corrected chi connectivity index (χ2v) is 8.35. The molecular weight excluding hydrogens is 342 g/mol. The molecule has 0 aromatic heterocycles. The highest BCUT2D eigenvalue weighted by Crippen LogP contribution is 2.48. The van der Waals surface area contributed by atoms with Gasteiger partial charge in [0.05, 0.1) is 0 Å². The lowest BCUT2D eigenvalue weighted by Gasteiger charge is -2.34. The lowest BCUT2D eigenvalue weighted by atomic mass is 9.68. The molecule has 2 heteroatoms. The minimum Gasteiger partial charge on any atom is -0.312 e. The number of amides is 1. The standard InChI is InChI=1S/C26H25NO/c1-17-7-11-19(12-8-17)25-22-6-4-3-5-20(22)15-23-24(25)16-27(26(23)28)21-13-9-18(2)10-14-21/h3-14,23-25H,15-16H2,1-2H3. The normalized spacial score (nSPS) is 23.4. The van der Waals surface area contributed by atoms with Crippen molar-refractivity contribution in [1.82, 2.24) is 0 Å². The summed E-state index contributed by atoms with van der Waals surface area (Å²) in [6, 6.07) is 25.9. The van der Waals surface area contributed by atoms with Gasteiger partial charge in [-0.05, 0) is 55.0 Å². The molecule has 2 aliphatic rings. The maximum absolute atomic E-state index is 13.4. The van der Waals surface area contributed by atoms with Crippen LogP contribution in [-0.4, -0.2) is 12.5 Å². The van der Waals surface area contributed by atoms with Gasteiger partial charge in [-0.25, -0.2) is 0 Å². The summed E-state index contributed by atoms with van der Waals surface area (Å²) in [7, 11) is 0. The molecule has 140 valence electrons. The molecule has 0 spiro atoms. The van der Waals surface area contributed by atoms with Gasteiger partial charge in [-0.3, -0.25) is 4.79 Å². The van der Waals surface area contributed by atoms with Gasteiger partial charge in [0.25, 0.3) is 0 Å². The third-order valence-corrected chi connectivity index (χ3v) is 6.53. The van der Waals surface area contributed by atoms with Crippen molar-refractivity contribution in [3.63, 3.8) is 0 Å². The van der Waals surface area contributed by atoms with Crippen LogP contribution in [0.25, 0.3) is 0 Å². The fraction of sp³-hybridized carbons (Fsp3) is 0.269. The molecule has 1 saturated heterocycles. The van der Waals surface area contributed by atoms with E-state index in [2.05, 4.69) is 86.6 Å². The zero-order chi connectivity index (χ0) is 19.3. The maximum atomic E-state index is 13.4. The van der Waals surface area contributed by atoms with Crippen molar-refractivity contribution < 1.29 is 4.79 Å². The van der Waals surface area contributed by atoms with Gasteiger partial charge < -0.3 is 4.90 Å². The van der Waals surface area contributed by atoms with E-state index in [0.717, 1.165) is 18.7 Å². The molecule has 1 aliphatic carbocycles. The molecule has 28 heavy (non-hydrogen) atoms. The Bertz CT molecular complexity index is 1020. The summed E-state index contributed by atoms with van der Waals surface area (Å²) < 4.78 is 0. The van der Waals surface area contributed by atoms with Gasteiger partial charge in [0.15, 0.2) is 0 Å². The van der Waals surface area contributed by atoms with Crippen molar-refractivity contribution in [3.8, 4) is 0 Å². The van der Waals surface area contributed by atoms with E-state index in [9.17, 15) is 4.79 Å². The number of benzene rings is 3. The molecule has 1 heterocycles. The number of hydrogen-bond acceptors (Lipinski definition) is 1. The third-order valence-electron chi connectivity index (χ3n) is 6.53. The largest absolute Gasteiger partial charge is 0.312 e. The first-order valence-corrected chi connectivity index (χ1v) is 10.1. The first-order chi connectivity index (χ1) is 13.6. The van der Waals surface area contributed by atoms with Gasteiger partial charge >= 0.3 is 0 Å². The van der Waals surface area contributed by atoms with E-state index >= 15 is 0 Å². The Morgan fingerprint density at radius 2 is 1.46 bits per heavy atom. The Labute approximate surface area is 166 Å². The van der Waals surface area contributed by atoms with Gasteiger partial charge in [0, 0.05) is 24.1 Å². The van der Waals surface area contributed by atoms with Crippen LogP contribution >= 0.6 is 0 Å². The fourth-order valence-corrected chi connectivity index (χ4v) is 5.04. The highest BCUT2D eigenvalue weighted by atomic mass is 16.2. The molecule has 2 nitrogen and oxygen atoms in total. The van der Waals surface area contributed by atoms with E-state index in [-0.39, 0.29) is 17.7 Å². The van der Waals surface area contributed by atoms with Crippen molar-refractivity contribution in [3.05, 3.63) is 101 Å². The molecule has 3 aromatic carbocycles. The second-order valence-electron chi connectivity index (χ2n) is 8.35. The van der Waals surface area contributed by atoms with Crippen LogP contribution in [0.3, 0.4) is 0 Å². The van der Waals surface area contributed by atoms with Crippen molar-refractivity contribution >= 4 is 11.6 Å². The van der Waals surface area contributed by atoms with E-state index in [0.29, 0.717) is 5.92 Å². The minimum atomic E-state index is 0.0579. The van der Waals surface area contributed by atoms with Crippen LogP contribution in [0.15, 0.2) is 72.8 Å². The van der Waals surface area contributed by atoms with Gasteiger partial charge in [-0.1, -0.05) is 71.8 Å². The summed E-state index contributed by atoms with van der Waals surface area (Å²) in [5, 5.41) is 0.